The van der Waals surface area contributed by atoms with Crippen LogP contribution in [-0.2, 0) is 31.1 Å². The summed E-state index contributed by atoms with van der Waals surface area (Å²) in [5.74, 6) is -5.60. The predicted molar refractivity (Wildman–Crippen MR) is 197 cm³/mol. The fourth-order valence-corrected chi connectivity index (χ4v) is 9.67. The van der Waals surface area contributed by atoms with Crippen LogP contribution in [0.15, 0.2) is 127 Å². The van der Waals surface area contributed by atoms with Gasteiger partial charge < -0.3 is 5.11 Å². The molecule has 2 heterocycles. The van der Waals surface area contributed by atoms with E-state index in [4.69, 9.17) is 11.6 Å². The molecule has 0 radical (unpaired) electrons. The number of likely N-dealkylation sites (tertiary alicyclic amines) is 1. The monoisotopic (exact) mass is 725 g/mol. The van der Waals surface area contributed by atoms with Crippen molar-refractivity contribution in [3.05, 3.63) is 154 Å². The lowest BCUT2D eigenvalue weighted by Gasteiger charge is -2.51. The molecule has 0 bridgehead atoms. The molecule has 1 saturated carbocycles. The number of amides is 4. The van der Waals surface area contributed by atoms with Gasteiger partial charge in [0.05, 0.1) is 35.4 Å². The van der Waals surface area contributed by atoms with Gasteiger partial charge in [0.25, 0.3) is 11.8 Å². The molecule has 2 N–H and O–H groups in total. The van der Waals surface area contributed by atoms with Crippen LogP contribution in [0.3, 0.4) is 0 Å². The first-order valence-electron chi connectivity index (χ1n) is 17.6. The number of anilines is 1. The van der Waals surface area contributed by atoms with E-state index in [0.717, 1.165) is 16.1 Å². The molecule has 4 amide bonds. The number of nitrogens with one attached hydrogen (secondary N) is 1. The molecule has 2 saturated heterocycles. The van der Waals surface area contributed by atoms with Crippen LogP contribution in [0.2, 0.25) is 5.02 Å². The van der Waals surface area contributed by atoms with Crippen molar-refractivity contribution in [1.29, 1.82) is 0 Å². The second-order valence-corrected chi connectivity index (χ2v) is 14.8. The van der Waals surface area contributed by atoms with E-state index < -0.39 is 52.6 Å². The van der Waals surface area contributed by atoms with Gasteiger partial charge in [-0.15, -0.1) is 0 Å². The molecule has 5 aromatic rings. The number of carbonyl (C=O) groups is 4. The van der Waals surface area contributed by atoms with Crippen molar-refractivity contribution >= 4 is 51.7 Å². The maximum Gasteiger partial charge on any atom is 0.260 e. The molecule has 5 aromatic carbocycles. The molecule has 6 atom stereocenters. The maximum absolute atomic E-state index is 15.4. The second-order valence-electron chi connectivity index (χ2n) is 14.3. The van der Waals surface area contributed by atoms with E-state index in [9.17, 15) is 23.9 Å². The van der Waals surface area contributed by atoms with Crippen molar-refractivity contribution in [2.45, 2.75) is 30.7 Å². The fraction of sp³-hybridized carbons (Fsp3) is 0.209. The average molecular weight is 726 g/mol. The number of allylic oxidation sites excluding steroid dienone is 2. The molecular weight excluding hydrogens is 693 g/mol. The molecule has 9 rings (SSSR count). The van der Waals surface area contributed by atoms with Crippen LogP contribution in [0.5, 0.6) is 5.75 Å². The Kier molecular flexibility index (Phi) is 7.74. The van der Waals surface area contributed by atoms with E-state index in [-0.39, 0.29) is 30.5 Å². The van der Waals surface area contributed by atoms with Gasteiger partial charge in [-0.2, -0.15) is 5.01 Å². The lowest BCUT2D eigenvalue weighted by molar-refractivity contribution is -0.142. The number of carbonyl (C=O) groups excluding carboxylic acids is 4. The number of fused-ring (bicyclic) bond motifs is 5. The minimum atomic E-state index is -1.53. The van der Waals surface area contributed by atoms with Crippen molar-refractivity contribution in [3.8, 4) is 5.75 Å². The molecule has 2 aliphatic heterocycles. The van der Waals surface area contributed by atoms with Gasteiger partial charge in [-0.05, 0) is 83.3 Å². The summed E-state index contributed by atoms with van der Waals surface area (Å²) in [6.07, 6.45) is 2.43. The molecular formula is C43H33ClFN3O5. The van der Waals surface area contributed by atoms with E-state index in [1.807, 2.05) is 54.6 Å². The van der Waals surface area contributed by atoms with Gasteiger partial charge in [0, 0.05) is 16.3 Å². The quantitative estimate of drug-likeness (QED) is 0.139. The molecule has 8 nitrogen and oxygen atoms in total. The lowest BCUT2D eigenvalue weighted by Crippen LogP contribution is -2.53. The number of hydrogen-bond acceptors (Lipinski definition) is 6. The van der Waals surface area contributed by atoms with Crippen LogP contribution in [0.4, 0.5) is 10.1 Å². The summed E-state index contributed by atoms with van der Waals surface area (Å²) < 4.78 is 13.9. The molecule has 2 aliphatic carbocycles. The first kappa shape index (κ1) is 33.1. The molecule has 0 aromatic heterocycles. The Labute approximate surface area is 309 Å². The topological polar surface area (TPSA) is 107 Å². The summed E-state index contributed by atoms with van der Waals surface area (Å²) in [6, 6.07) is 32.4. The number of hydrazine groups is 1. The minimum absolute atomic E-state index is 0.0630. The van der Waals surface area contributed by atoms with Gasteiger partial charge in [0.2, 0.25) is 11.8 Å². The number of aromatic hydroxyl groups is 1. The summed E-state index contributed by atoms with van der Waals surface area (Å²) in [7, 11) is 0. The zero-order valence-corrected chi connectivity index (χ0v) is 29.0. The number of benzene rings is 5. The first-order chi connectivity index (χ1) is 25.7. The van der Waals surface area contributed by atoms with Gasteiger partial charge >= 0.3 is 0 Å². The SMILES string of the molecule is O=C1[C@H]2[C@H](CC=C3[C@H]2C[C@H]2C(=O)N(Nc4ccc(F)cc4)C(=O)[C@@]2(c2ccc(Cl)cc2)[C@H]3c2ccc(O)c3ccccc23)C(=O)N1Cc1ccccc1. The van der Waals surface area contributed by atoms with Crippen molar-refractivity contribution in [1.82, 2.24) is 9.91 Å². The van der Waals surface area contributed by atoms with Gasteiger partial charge in [-0.1, -0.05) is 96.0 Å². The Morgan fingerprint density at radius 3 is 2.21 bits per heavy atom. The Bertz CT molecular complexity index is 2370. The highest BCUT2D eigenvalue weighted by Gasteiger charge is 2.70. The van der Waals surface area contributed by atoms with Crippen LogP contribution >= 0.6 is 11.6 Å². The highest BCUT2D eigenvalue weighted by molar-refractivity contribution is 6.30. The van der Waals surface area contributed by atoms with E-state index >= 15 is 4.79 Å². The van der Waals surface area contributed by atoms with Crippen LogP contribution in [0, 0.1) is 29.5 Å². The largest absolute Gasteiger partial charge is 0.507 e. The lowest BCUT2D eigenvalue weighted by atomic mass is 9.49. The minimum Gasteiger partial charge on any atom is -0.507 e. The molecule has 10 heteroatoms. The van der Waals surface area contributed by atoms with Gasteiger partial charge in [-0.25, -0.2) is 4.39 Å². The number of hydrogen-bond donors (Lipinski definition) is 2. The maximum atomic E-state index is 15.4. The standard InChI is InChI=1S/C43H33ClFN3O5/c44-26-12-10-25(11-13-26)43-35(40(51)48(42(43)53)46-28-16-14-27(45)15-17-28)22-34-32(38(43)31-20-21-36(49)30-9-5-4-8-29(30)31)18-19-33-37(34)41(52)47(39(33)50)23-24-6-2-1-3-7-24/h1-18,20-21,33-35,37-38,46,49H,19,22-23H2/t33-,34+,35-,37-,38-,43+/m0/s1. The van der Waals surface area contributed by atoms with E-state index in [1.54, 1.807) is 42.5 Å². The van der Waals surface area contributed by atoms with Crippen molar-refractivity contribution in [3.63, 3.8) is 0 Å². The Balaban J connectivity index is 1.26. The van der Waals surface area contributed by atoms with Crippen molar-refractivity contribution in [2.24, 2.45) is 23.7 Å². The Morgan fingerprint density at radius 2 is 1.47 bits per heavy atom. The summed E-state index contributed by atoms with van der Waals surface area (Å²) in [6.45, 7) is 0.143. The normalized spacial score (nSPS) is 26.4. The summed E-state index contributed by atoms with van der Waals surface area (Å²) in [5, 5.41) is 13.7. The van der Waals surface area contributed by atoms with Crippen LogP contribution < -0.4 is 5.43 Å². The zero-order chi connectivity index (χ0) is 36.6. The number of nitrogens with zero attached hydrogens (tertiary/aromatic N) is 2. The smallest absolute Gasteiger partial charge is 0.260 e. The van der Waals surface area contributed by atoms with Crippen molar-refractivity contribution < 1.29 is 28.7 Å². The summed E-state index contributed by atoms with van der Waals surface area (Å²) in [5.41, 5.74) is 4.70. The van der Waals surface area contributed by atoms with Gasteiger partial charge in [0.15, 0.2) is 0 Å². The highest BCUT2D eigenvalue weighted by Crippen LogP contribution is 2.65. The zero-order valence-electron chi connectivity index (χ0n) is 28.3. The third kappa shape index (κ3) is 4.94. The Morgan fingerprint density at radius 1 is 0.774 bits per heavy atom. The third-order valence-electron chi connectivity index (χ3n) is 11.8. The van der Waals surface area contributed by atoms with Gasteiger partial charge in [0.1, 0.15) is 11.6 Å². The predicted octanol–water partition coefficient (Wildman–Crippen LogP) is 7.52. The number of imide groups is 2. The average Bonchev–Trinajstić information content (AvgIpc) is 3.54. The molecule has 264 valence electrons. The van der Waals surface area contributed by atoms with E-state index in [1.165, 1.54) is 29.2 Å². The molecule has 0 spiro atoms. The Hall–Kier alpha value is -5.80. The van der Waals surface area contributed by atoms with E-state index in [2.05, 4.69) is 5.43 Å². The van der Waals surface area contributed by atoms with Crippen molar-refractivity contribution in [2.75, 3.05) is 5.43 Å². The molecule has 3 fully saturated rings. The second kappa shape index (κ2) is 12.4. The van der Waals surface area contributed by atoms with Crippen LogP contribution in [0.1, 0.15) is 35.4 Å². The van der Waals surface area contributed by atoms with Crippen LogP contribution in [-0.4, -0.2) is 38.6 Å². The highest BCUT2D eigenvalue weighted by atomic mass is 35.5. The number of phenolic OH excluding ortho intramolecular Hbond substituents is 1. The number of rotatable bonds is 6. The third-order valence-corrected chi connectivity index (χ3v) is 12.0. The molecule has 53 heavy (non-hydrogen) atoms. The number of halogens is 2. The van der Waals surface area contributed by atoms with E-state index in [0.29, 0.717) is 39.0 Å². The first-order valence-corrected chi connectivity index (χ1v) is 18.0. The molecule has 4 aliphatic rings. The van der Waals surface area contributed by atoms with Crippen LogP contribution in [0.25, 0.3) is 10.8 Å². The van der Waals surface area contributed by atoms with Gasteiger partial charge in [-0.3, -0.25) is 29.5 Å². The number of phenols is 1. The summed E-state index contributed by atoms with van der Waals surface area (Å²) >= 11 is 6.41. The molecule has 0 unspecified atom stereocenters. The fourth-order valence-electron chi connectivity index (χ4n) is 9.54. The summed E-state index contributed by atoms with van der Waals surface area (Å²) in [4.78, 5) is 60.2.